The predicted molar refractivity (Wildman–Crippen MR) is 115 cm³/mol. The normalized spacial score (nSPS) is 29.4. The van der Waals surface area contributed by atoms with Gasteiger partial charge in [-0.1, -0.05) is 0 Å². The number of methoxy groups -OCH3 is 2. The summed E-state index contributed by atoms with van der Waals surface area (Å²) in [6.45, 7) is 1.45. The third kappa shape index (κ3) is 3.39. The first-order valence-corrected chi connectivity index (χ1v) is 11.2. The van der Waals surface area contributed by atoms with Gasteiger partial charge in [0.25, 0.3) is 5.69 Å². The quantitative estimate of drug-likeness (QED) is 0.508. The number of hydrogen-bond donors (Lipinski definition) is 1. The molecule has 1 amide bonds. The number of nitro groups is 1. The molecule has 4 aliphatic rings. The molecule has 1 N–H and O–H groups in total. The Morgan fingerprint density at radius 1 is 1.24 bits per heavy atom. The Kier molecular flexibility index (Phi) is 5.54. The number of piperidine rings is 1. The SMILES string of the molecule is COc1cc([C@@H]2CC(=O)N3CC[C@@H](O)[C@@]4(CC5OCCO5)CCC2=C34)c([N+](=O)[O-])cc1OC. The average molecular weight is 460 g/mol. The molecule has 0 aromatic heterocycles. The summed E-state index contributed by atoms with van der Waals surface area (Å²) >= 11 is 0. The molecular formula is C23H28N2O8. The van der Waals surface area contributed by atoms with Gasteiger partial charge in [0.05, 0.1) is 44.5 Å². The Labute approximate surface area is 191 Å². The van der Waals surface area contributed by atoms with E-state index in [4.69, 9.17) is 18.9 Å². The van der Waals surface area contributed by atoms with Crippen molar-refractivity contribution in [2.75, 3.05) is 34.0 Å². The molecule has 3 aliphatic heterocycles. The van der Waals surface area contributed by atoms with Crippen LogP contribution in [0.15, 0.2) is 23.4 Å². The molecule has 1 aliphatic carbocycles. The Balaban J connectivity index is 1.65. The Morgan fingerprint density at radius 3 is 2.61 bits per heavy atom. The van der Waals surface area contributed by atoms with Crippen molar-refractivity contribution in [2.24, 2.45) is 5.41 Å². The number of carbonyl (C=O) groups is 1. The second kappa shape index (κ2) is 8.27. The first-order chi connectivity index (χ1) is 15.9. The molecule has 1 aromatic carbocycles. The van der Waals surface area contributed by atoms with Crippen molar-refractivity contribution in [3.05, 3.63) is 39.1 Å². The molecule has 0 saturated carbocycles. The Bertz CT molecular complexity index is 1020. The van der Waals surface area contributed by atoms with Crippen LogP contribution in [0, 0.1) is 15.5 Å². The average Bonchev–Trinajstić information content (AvgIpc) is 3.46. The fourth-order valence-corrected chi connectivity index (χ4v) is 6.09. The van der Waals surface area contributed by atoms with Crippen LogP contribution in [-0.4, -0.2) is 67.2 Å². The molecule has 0 spiro atoms. The lowest BCUT2D eigenvalue weighted by Crippen LogP contribution is -2.53. The van der Waals surface area contributed by atoms with Gasteiger partial charge in [-0.15, -0.1) is 0 Å². The van der Waals surface area contributed by atoms with Crippen LogP contribution in [0.2, 0.25) is 0 Å². The second-order valence-corrected chi connectivity index (χ2v) is 9.03. The molecule has 2 fully saturated rings. The number of amides is 1. The van der Waals surface area contributed by atoms with E-state index < -0.39 is 28.7 Å². The maximum atomic E-state index is 13.3. The number of ether oxygens (including phenoxy) is 4. The number of aliphatic hydroxyl groups is 1. The number of hydrogen-bond acceptors (Lipinski definition) is 8. The van der Waals surface area contributed by atoms with E-state index in [0.29, 0.717) is 56.8 Å². The van der Waals surface area contributed by atoms with Gasteiger partial charge in [0.2, 0.25) is 5.91 Å². The van der Waals surface area contributed by atoms with Crippen LogP contribution in [0.25, 0.3) is 0 Å². The van der Waals surface area contributed by atoms with Crippen LogP contribution < -0.4 is 9.47 Å². The van der Waals surface area contributed by atoms with Crippen molar-refractivity contribution in [1.29, 1.82) is 0 Å². The zero-order chi connectivity index (χ0) is 23.3. The fourth-order valence-electron chi connectivity index (χ4n) is 6.09. The maximum absolute atomic E-state index is 13.3. The summed E-state index contributed by atoms with van der Waals surface area (Å²) in [5.74, 6) is 0.0776. The summed E-state index contributed by atoms with van der Waals surface area (Å²) in [6.07, 6.45) is 1.28. The molecule has 33 heavy (non-hydrogen) atoms. The number of nitrogens with zero attached hydrogens (tertiary/aromatic N) is 2. The van der Waals surface area contributed by atoms with Gasteiger partial charge in [0.1, 0.15) is 0 Å². The van der Waals surface area contributed by atoms with E-state index in [1.807, 2.05) is 0 Å². The minimum Gasteiger partial charge on any atom is -0.493 e. The zero-order valence-corrected chi connectivity index (χ0v) is 18.7. The molecule has 10 nitrogen and oxygen atoms in total. The van der Waals surface area contributed by atoms with E-state index in [2.05, 4.69) is 0 Å². The maximum Gasteiger partial charge on any atom is 0.277 e. The molecule has 3 atom stereocenters. The van der Waals surface area contributed by atoms with Crippen LogP contribution in [0.3, 0.4) is 0 Å². The van der Waals surface area contributed by atoms with Crippen LogP contribution >= 0.6 is 0 Å². The topological polar surface area (TPSA) is 121 Å². The number of allylic oxidation sites excluding steroid dienone is 1. The lowest BCUT2D eigenvalue weighted by Gasteiger charge is -2.49. The summed E-state index contributed by atoms with van der Waals surface area (Å²) in [5, 5.41) is 23.1. The monoisotopic (exact) mass is 460 g/mol. The summed E-state index contributed by atoms with van der Waals surface area (Å²) in [7, 11) is 2.90. The largest absolute Gasteiger partial charge is 0.493 e. The molecule has 5 rings (SSSR count). The van der Waals surface area contributed by atoms with E-state index in [9.17, 15) is 20.0 Å². The lowest BCUT2D eigenvalue weighted by atomic mass is 9.70. The van der Waals surface area contributed by atoms with Crippen LogP contribution in [0.4, 0.5) is 5.69 Å². The zero-order valence-electron chi connectivity index (χ0n) is 18.7. The number of nitro benzene ring substituents is 1. The highest BCUT2D eigenvalue weighted by atomic mass is 16.7. The fraction of sp³-hybridized carbons (Fsp3) is 0.609. The van der Waals surface area contributed by atoms with Gasteiger partial charge >= 0.3 is 0 Å². The molecule has 10 heteroatoms. The Morgan fingerprint density at radius 2 is 1.94 bits per heavy atom. The van der Waals surface area contributed by atoms with Crippen LogP contribution in [0.5, 0.6) is 11.5 Å². The highest BCUT2D eigenvalue weighted by Gasteiger charge is 2.57. The van der Waals surface area contributed by atoms with Gasteiger partial charge in [-0.25, -0.2) is 0 Å². The number of aliphatic hydroxyl groups excluding tert-OH is 1. The molecule has 2 saturated heterocycles. The minimum atomic E-state index is -0.664. The summed E-state index contributed by atoms with van der Waals surface area (Å²) in [5.41, 5.74) is 1.44. The smallest absolute Gasteiger partial charge is 0.277 e. The van der Waals surface area contributed by atoms with Gasteiger partial charge in [-0.2, -0.15) is 0 Å². The van der Waals surface area contributed by atoms with Crippen LogP contribution in [-0.2, 0) is 14.3 Å². The second-order valence-electron chi connectivity index (χ2n) is 9.03. The number of rotatable bonds is 6. The van der Waals surface area contributed by atoms with Crippen molar-refractivity contribution in [3.63, 3.8) is 0 Å². The van der Waals surface area contributed by atoms with Gasteiger partial charge in [0, 0.05) is 42.0 Å². The molecule has 1 aromatic rings. The highest BCUT2D eigenvalue weighted by molar-refractivity contribution is 5.83. The van der Waals surface area contributed by atoms with Crippen molar-refractivity contribution in [1.82, 2.24) is 4.90 Å². The third-order valence-electron chi connectivity index (χ3n) is 7.58. The van der Waals surface area contributed by atoms with Crippen molar-refractivity contribution in [2.45, 2.75) is 50.4 Å². The third-order valence-corrected chi connectivity index (χ3v) is 7.58. The standard InChI is InChI=1S/C23H28N2O8/c1-30-17-9-15(16(25(28)29)11-18(17)31-2)14-10-20(27)24-6-4-19(26)23(5-3-13(14)22(23)24)12-21-32-7-8-33-21/h9,11,14,19,21,26H,3-8,10,12H2,1-2H3/t14-,19-,23+/m1/s1. The summed E-state index contributed by atoms with van der Waals surface area (Å²) in [6, 6.07) is 2.97. The number of benzene rings is 1. The first kappa shape index (κ1) is 22.1. The van der Waals surface area contributed by atoms with Gasteiger partial charge in [0.15, 0.2) is 17.8 Å². The number of carbonyl (C=O) groups excluding carboxylic acids is 1. The van der Waals surface area contributed by atoms with Crippen molar-refractivity contribution in [3.8, 4) is 11.5 Å². The van der Waals surface area contributed by atoms with Gasteiger partial charge in [-0.05, 0) is 30.9 Å². The molecule has 0 unspecified atom stereocenters. The van der Waals surface area contributed by atoms with E-state index in [1.165, 1.54) is 20.3 Å². The van der Waals surface area contributed by atoms with Crippen molar-refractivity contribution >= 4 is 11.6 Å². The molecular weight excluding hydrogens is 432 g/mol. The van der Waals surface area contributed by atoms with E-state index in [-0.39, 0.29) is 23.8 Å². The molecule has 178 valence electrons. The summed E-state index contributed by atoms with van der Waals surface area (Å²) < 4.78 is 22.1. The summed E-state index contributed by atoms with van der Waals surface area (Å²) in [4.78, 5) is 26.6. The van der Waals surface area contributed by atoms with Gasteiger partial charge in [-0.3, -0.25) is 14.9 Å². The highest BCUT2D eigenvalue weighted by Crippen LogP contribution is 2.60. The van der Waals surface area contributed by atoms with E-state index in [0.717, 1.165) is 11.3 Å². The minimum absolute atomic E-state index is 0.0886. The van der Waals surface area contributed by atoms with Crippen molar-refractivity contribution < 1.29 is 33.8 Å². The molecule has 0 radical (unpaired) electrons. The first-order valence-electron chi connectivity index (χ1n) is 11.2. The van der Waals surface area contributed by atoms with E-state index in [1.54, 1.807) is 11.0 Å². The van der Waals surface area contributed by atoms with E-state index >= 15 is 0 Å². The Hall–Kier alpha value is -2.69. The predicted octanol–water partition coefficient (Wildman–Crippen LogP) is 2.49. The molecule has 0 bridgehead atoms. The lowest BCUT2D eigenvalue weighted by molar-refractivity contribution is -0.385. The van der Waals surface area contributed by atoms with Crippen LogP contribution in [0.1, 0.15) is 43.6 Å². The molecule has 3 heterocycles. The van der Waals surface area contributed by atoms with Gasteiger partial charge < -0.3 is 29.0 Å².